The Balaban J connectivity index is 2.91. The lowest BCUT2D eigenvalue weighted by Crippen LogP contribution is -2.47. The molecule has 6 nitrogen and oxygen atoms in total. The predicted molar refractivity (Wildman–Crippen MR) is 73.7 cm³/mol. The normalized spacial score (nSPS) is 12.0. The Morgan fingerprint density at radius 3 is 2.63 bits per heavy atom. The van der Waals surface area contributed by atoms with Gasteiger partial charge in [0.1, 0.15) is 11.9 Å². The van der Waals surface area contributed by atoms with Crippen molar-refractivity contribution in [2.24, 2.45) is 11.7 Å². The van der Waals surface area contributed by atoms with Crippen molar-refractivity contribution < 1.29 is 9.59 Å². The van der Waals surface area contributed by atoms with Crippen molar-refractivity contribution in [2.75, 3.05) is 11.9 Å². The molecule has 2 amide bonds. The summed E-state index contributed by atoms with van der Waals surface area (Å²) < 4.78 is 0. The maximum atomic E-state index is 12.2. The maximum absolute atomic E-state index is 12.2. The molecule has 6 heteroatoms. The van der Waals surface area contributed by atoms with Crippen LogP contribution in [0.1, 0.15) is 31.1 Å². The SMILES string of the molecule is CCNc1ncccc1C(=O)NC(C(N)=O)C(C)C. The molecule has 0 radical (unpaired) electrons. The van der Waals surface area contributed by atoms with E-state index in [0.717, 1.165) is 0 Å². The maximum Gasteiger partial charge on any atom is 0.255 e. The molecule has 0 saturated carbocycles. The van der Waals surface area contributed by atoms with Gasteiger partial charge in [-0.1, -0.05) is 13.8 Å². The molecule has 0 aromatic carbocycles. The monoisotopic (exact) mass is 264 g/mol. The van der Waals surface area contributed by atoms with E-state index in [4.69, 9.17) is 5.73 Å². The Kier molecular flexibility index (Phi) is 5.29. The summed E-state index contributed by atoms with van der Waals surface area (Å²) in [5.74, 6) is -0.478. The Morgan fingerprint density at radius 2 is 2.11 bits per heavy atom. The van der Waals surface area contributed by atoms with E-state index in [1.54, 1.807) is 18.3 Å². The van der Waals surface area contributed by atoms with Crippen LogP contribution in [0.3, 0.4) is 0 Å². The number of nitrogens with zero attached hydrogens (tertiary/aromatic N) is 1. The zero-order valence-electron chi connectivity index (χ0n) is 11.4. The quantitative estimate of drug-likeness (QED) is 0.706. The average molecular weight is 264 g/mol. The van der Waals surface area contributed by atoms with E-state index in [0.29, 0.717) is 17.9 Å². The van der Waals surface area contributed by atoms with Gasteiger partial charge in [0.15, 0.2) is 0 Å². The van der Waals surface area contributed by atoms with E-state index in [1.165, 1.54) is 0 Å². The van der Waals surface area contributed by atoms with Gasteiger partial charge >= 0.3 is 0 Å². The van der Waals surface area contributed by atoms with Crippen molar-refractivity contribution in [3.63, 3.8) is 0 Å². The van der Waals surface area contributed by atoms with E-state index in [9.17, 15) is 9.59 Å². The summed E-state index contributed by atoms with van der Waals surface area (Å²) in [6, 6.07) is 2.63. The first-order valence-electron chi connectivity index (χ1n) is 6.26. The molecule has 1 rings (SSSR count). The van der Waals surface area contributed by atoms with Crippen LogP contribution in [-0.4, -0.2) is 29.4 Å². The summed E-state index contributed by atoms with van der Waals surface area (Å²) in [6.07, 6.45) is 1.60. The molecule has 1 unspecified atom stereocenters. The van der Waals surface area contributed by atoms with Gasteiger partial charge in [-0.25, -0.2) is 4.98 Å². The third kappa shape index (κ3) is 3.94. The number of aromatic nitrogens is 1. The van der Waals surface area contributed by atoms with Crippen LogP contribution in [0.2, 0.25) is 0 Å². The number of hydrogen-bond donors (Lipinski definition) is 3. The number of nitrogens with two attached hydrogens (primary N) is 1. The Bertz CT molecular complexity index is 460. The molecule has 1 aromatic heterocycles. The standard InChI is InChI=1S/C13H20N4O2/c1-4-15-12-9(6-5-7-16-12)13(19)17-10(8(2)3)11(14)18/h5-8,10H,4H2,1-3H3,(H2,14,18)(H,15,16)(H,17,19). The molecule has 104 valence electrons. The topological polar surface area (TPSA) is 97.1 Å². The first-order valence-corrected chi connectivity index (χ1v) is 6.26. The molecule has 1 aromatic rings. The van der Waals surface area contributed by atoms with Crippen LogP contribution in [0, 0.1) is 5.92 Å². The van der Waals surface area contributed by atoms with Crippen LogP contribution in [-0.2, 0) is 4.79 Å². The van der Waals surface area contributed by atoms with Crippen molar-refractivity contribution in [3.8, 4) is 0 Å². The highest BCUT2D eigenvalue weighted by Gasteiger charge is 2.23. The fourth-order valence-electron chi connectivity index (χ4n) is 1.68. The smallest absolute Gasteiger partial charge is 0.255 e. The number of primary amides is 1. The van der Waals surface area contributed by atoms with E-state index in [1.807, 2.05) is 20.8 Å². The van der Waals surface area contributed by atoms with Crippen molar-refractivity contribution in [2.45, 2.75) is 26.8 Å². The number of nitrogens with one attached hydrogen (secondary N) is 2. The highest BCUT2D eigenvalue weighted by molar-refractivity contribution is 6.00. The lowest BCUT2D eigenvalue weighted by molar-refractivity contribution is -0.120. The molecular formula is C13H20N4O2. The van der Waals surface area contributed by atoms with Crippen molar-refractivity contribution in [1.82, 2.24) is 10.3 Å². The first kappa shape index (κ1) is 14.9. The summed E-state index contributed by atoms with van der Waals surface area (Å²) in [7, 11) is 0. The second-order valence-electron chi connectivity index (χ2n) is 4.53. The van der Waals surface area contributed by atoms with Gasteiger partial charge in [0, 0.05) is 12.7 Å². The highest BCUT2D eigenvalue weighted by atomic mass is 16.2. The van der Waals surface area contributed by atoms with Crippen LogP contribution in [0.25, 0.3) is 0 Å². The van der Waals surface area contributed by atoms with E-state index in [2.05, 4.69) is 15.6 Å². The van der Waals surface area contributed by atoms with Gasteiger partial charge in [0.2, 0.25) is 5.91 Å². The first-order chi connectivity index (χ1) is 8.97. The summed E-state index contributed by atoms with van der Waals surface area (Å²) >= 11 is 0. The molecule has 1 atom stereocenters. The highest BCUT2D eigenvalue weighted by Crippen LogP contribution is 2.12. The van der Waals surface area contributed by atoms with Crippen molar-refractivity contribution in [1.29, 1.82) is 0 Å². The molecule has 0 saturated heterocycles. The largest absolute Gasteiger partial charge is 0.370 e. The van der Waals surface area contributed by atoms with E-state index in [-0.39, 0.29) is 11.8 Å². The van der Waals surface area contributed by atoms with Gasteiger partial charge in [0.25, 0.3) is 5.91 Å². The molecule has 0 fully saturated rings. The van der Waals surface area contributed by atoms with Crippen molar-refractivity contribution in [3.05, 3.63) is 23.9 Å². The summed E-state index contributed by atoms with van der Waals surface area (Å²) in [5.41, 5.74) is 5.68. The molecule has 0 bridgehead atoms. The fourth-order valence-corrected chi connectivity index (χ4v) is 1.68. The second kappa shape index (κ2) is 6.72. The van der Waals surface area contributed by atoms with Crippen LogP contribution >= 0.6 is 0 Å². The van der Waals surface area contributed by atoms with Gasteiger partial charge in [-0.2, -0.15) is 0 Å². The number of amides is 2. The predicted octanol–water partition coefficient (Wildman–Crippen LogP) is 0.753. The molecule has 0 spiro atoms. The average Bonchev–Trinajstić information content (AvgIpc) is 2.36. The third-order valence-electron chi connectivity index (χ3n) is 2.66. The van der Waals surface area contributed by atoms with Crippen LogP contribution in [0.15, 0.2) is 18.3 Å². The minimum absolute atomic E-state index is 0.0688. The summed E-state index contributed by atoms with van der Waals surface area (Å²) in [5, 5.41) is 5.64. The van der Waals surface area contributed by atoms with E-state index >= 15 is 0 Å². The lowest BCUT2D eigenvalue weighted by atomic mass is 10.0. The van der Waals surface area contributed by atoms with Crippen LogP contribution < -0.4 is 16.4 Å². The molecule has 0 aliphatic heterocycles. The zero-order chi connectivity index (χ0) is 14.4. The zero-order valence-corrected chi connectivity index (χ0v) is 11.4. The Morgan fingerprint density at radius 1 is 1.42 bits per heavy atom. The van der Waals surface area contributed by atoms with E-state index < -0.39 is 11.9 Å². The number of anilines is 1. The van der Waals surface area contributed by atoms with Gasteiger partial charge in [-0.05, 0) is 25.0 Å². The molecule has 19 heavy (non-hydrogen) atoms. The van der Waals surface area contributed by atoms with Gasteiger partial charge in [0.05, 0.1) is 5.56 Å². The van der Waals surface area contributed by atoms with Crippen LogP contribution in [0.5, 0.6) is 0 Å². The third-order valence-corrected chi connectivity index (χ3v) is 2.66. The fraction of sp³-hybridized carbons (Fsp3) is 0.462. The van der Waals surface area contributed by atoms with Gasteiger partial charge < -0.3 is 16.4 Å². The molecule has 0 aliphatic rings. The molecule has 0 aliphatic carbocycles. The van der Waals surface area contributed by atoms with Crippen molar-refractivity contribution >= 4 is 17.6 Å². The second-order valence-corrected chi connectivity index (χ2v) is 4.53. The molecule has 4 N–H and O–H groups in total. The Labute approximate surface area is 112 Å². The number of pyridine rings is 1. The van der Waals surface area contributed by atoms with Gasteiger partial charge in [-0.3, -0.25) is 9.59 Å². The molecular weight excluding hydrogens is 244 g/mol. The summed E-state index contributed by atoms with van der Waals surface area (Å²) in [4.78, 5) is 27.6. The summed E-state index contributed by atoms with van der Waals surface area (Å²) in [6.45, 7) is 6.21. The number of carbonyl (C=O) groups excluding carboxylic acids is 2. The number of carbonyl (C=O) groups is 2. The van der Waals surface area contributed by atoms with Crippen LogP contribution in [0.4, 0.5) is 5.82 Å². The van der Waals surface area contributed by atoms with Gasteiger partial charge in [-0.15, -0.1) is 0 Å². The minimum Gasteiger partial charge on any atom is -0.370 e. The molecule has 1 heterocycles. The minimum atomic E-state index is -0.692. The number of hydrogen-bond acceptors (Lipinski definition) is 4. The Hall–Kier alpha value is -2.11. The number of rotatable bonds is 6. The lowest BCUT2D eigenvalue weighted by Gasteiger charge is -2.19.